The van der Waals surface area contributed by atoms with Crippen LogP contribution >= 0.6 is 0 Å². The zero-order chi connectivity index (χ0) is 30.2. The molecule has 0 amide bonds. The highest BCUT2D eigenvalue weighted by molar-refractivity contribution is 6.04. The molecule has 0 saturated carbocycles. The summed E-state index contributed by atoms with van der Waals surface area (Å²) in [6.45, 7) is 6.26. The van der Waals surface area contributed by atoms with Crippen molar-refractivity contribution < 1.29 is 9.53 Å². The molecular formula is C39H69NO2. The topological polar surface area (TPSA) is 38.3 Å². The lowest BCUT2D eigenvalue weighted by molar-refractivity contribution is 0.104. The summed E-state index contributed by atoms with van der Waals surface area (Å²) in [5.74, 6) is 0.892. The molecule has 0 saturated heterocycles. The number of unbranched alkanes of at least 4 members (excludes halogenated alkanes) is 24. The zero-order valence-corrected chi connectivity index (χ0v) is 28.1. The molecule has 0 aliphatic rings. The SMILES string of the molecule is CCCCCCCCCCCCCCCCCCN/C=C/C(=O)c1ccc(OCCCCCCCCCCCC)cc1. The molecular weight excluding hydrogens is 514 g/mol. The fourth-order valence-electron chi connectivity index (χ4n) is 5.58. The molecule has 0 aromatic heterocycles. The van der Waals surface area contributed by atoms with Crippen LogP contribution in [-0.4, -0.2) is 18.9 Å². The molecule has 0 spiro atoms. The standard InChI is InChI=1S/C39H69NO2/c1-3-5-7-9-11-13-15-16-17-18-19-20-21-23-25-27-34-40-35-33-39(41)37-29-31-38(32-30-37)42-36-28-26-24-22-14-12-10-8-6-4-2/h29-33,35,40H,3-28,34,36H2,1-2H3/b35-33+. The summed E-state index contributed by atoms with van der Waals surface area (Å²) in [4.78, 5) is 12.4. The van der Waals surface area contributed by atoms with Crippen molar-refractivity contribution in [3.8, 4) is 5.75 Å². The van der Waals surface area contributed by atoms with Gasteiger partial charge in [0.1, 0.15) is 5.75 Å². The van der Waals surface area contributed by atoms with Crippen molar-refractivity contribution in [1.29, 1.82) is 0 Å². The van der Waals surface area contributed by atoms with Gasteiger partial charge in [-0.05, 0) is 37.1 Å². The molecule has 0 unspecified atom stereocenters. The number of ketones is 1. The van der Waals surface area contributed by atoms with E-state index in [2.05, 4.69) is 19.2 Å². The Balaban J connectivity index is 1.91. The van der Waals surface area contributed by atoms with Crippen molar-refractivity contribution in [2.75, 3.05) is 13.2 Å². The Bertz CT molecular complexity index is 726. The Morgan fingerprint density at radius 2 is 0.929 bits per heavy atom. The summed E-state index contributed by atoms with van der Waals surface area (Å²) in [7, 11) is 0. The average molecular weight is 584 g/mol. The van der Waals surface area contributed by atoms with Crippen LogP contribution in [0, 0.1) is 0 Å². The van der Waals surface area contributed by atoms with Crippen molar-refractivity contribution in [3.05, 3.63) is 42.1 Å². The number of carbonyl (C=O) groups excluding carboxylic acids is 1. The molecule has 1 rings (SSSR count). The Morgan fingerprint density at radius 3 is 1.36 bits per heavy atom. The number of nitrogens with one attached hydrogen (secondary N) is 1. The lowest BCUT2D eigenvalue weighted by Gasteiger charge is -2.07. The van der Waals surface area contributed by atoms with Crippen LogP contribution in [-0.2, 0) is 0 Å². The fourth-order valence-corrected chi connectivity index (χ4v) is 5.58. The van der Waals surface area contributed by atoms with Gasteiger partial charge < -0.3 is 10.1 Å². The molecule has 1 N–H and O–H groups in total. The third kappa shape index (κ3) is 24.8. The van der Waals surface area contributed by atoms with Crippen LogP contribution in [0.4, 0.5) is 0 Å². The second-order valence-corrected chi connectivity index (χ2v) is 12.5. The van der Waals surface area contributed by atoms with E-state index in [4.69, 9.17) is 4.74 Å². The van der Waals surface area contributed by atoms with E-state index in [1.807, 2.05) is 30.5 Å². The van der Waals surface area contributed by atoms with Crippen molar-refractivity contribution >= 4 is 5.78 Å². The van der Waals surface area contributed by atoms with Crippen LogP contribution in [0.15, 0.2) is 36.5 Å². The Kier molecular flexibility index (Phi) is 27.9. The van der Waals surface area contributed by atoms with E-state index < -0.39 is 0 Å². The fraction of sp³-hybridized carbons (Fsp3) is 0.769. The first-order valence-electron chi connectivity index (χ1n) is 18.4. The lowest BCUT2D eigenvalue weighted by atomic mass is 10.0. The summed E-state index contributed by atoms with van der Waals surface area (Å²) in [6.07, 6.45) is 39.0. The van der Waals surface area contributed by atoms with Crippen molar-refractivity contribution in [3.63, 3.8) is 0 Å². The predicted molar refractivity (Wildman–Crippen MR) is 185 cm³/mol. The number of benzene rings is 1. The third-order valence-corrected chi connectivity index (χ3v) is 8.43. The van der Waals surface area contributed by atoms with E-state index in [0.717, 1.165) is 25.3 Å². The molecule has 0 aliphatic heterocycles. The highest BCUT2D eigenvalue weighted by Crippen LogP contribution is 2.16. The van der Waals surface area contributed by atoms with Crippen LogP contribution in [0.1, 0.15) is 191 Å². The normalized spacial score (nSPS) is 11.4. The molecule has 1 aromatic rings. The highest BCUT2D eigenvalue weighted by Gasteiger charge is 2.02. The van der Waals surface area contributed by atoms with Gasteiger partial charge in [0.05, 0.1) is 6.61 Å². The number of rotatable bonds is 32. The first kappa shape index (κ1) is 38.3. The van der Waals surface area contributed by atoms with Crippen LogP contribution in [0.3, 0.4) is 0 Å². The van der Waals surface area contributed by atoms with E-state index in [1.54, 1.807) is 6.08 Å². The first-order chi connectivity index (χ1) is 20.8. The summed E-state index contributed by atoms with van der Waals surface area (Å²) < 4.78 is 5.87. The van der Waals surface area contributed by atoms with Gasteiger partial charge in [-0.1, -0.05) is 168 Å². The highest BCUT2D eigenvalue weighted by atomic mass is 16.5. The molecule has 0 radical (unpaired) electrons. The molecule has 0 atom stereocenters. The van der Waals surface area contributed by atoms with Crippen molar-refractivity contribution in [1.82, 2.24) is 5.32 Å². The second-order valence-electron chi connectivity index (χ2n) is 12.5. The second kappa shape index (κ2) is 30.7. The molecule has 0 heterocycles. The van der Waals surface area contributed by atoms with Gasteiger partial charge in [0.2, 0.25) is 0 Å². The molecule has 1 aromatic carbocycles. The van der Waals surface area contributed by atoms with E-state index in [1.165, 1.54) is 161 Å². The summed E-state index contributed by atoms with van der Waals surface area (Å²) >= 11 is 0. The number of hydrogen-bond acceptors (Lipinski definition) is 3. The van der Waals surface area contributed by atoms with E-state index in [0.29, 0.717) is 5.56 Å². The lowest BCUT2D eigenvalue weighted by Crippen LogP contribution is -2.08. The van der Waals surface area contributed by atoms with Gasteiger partial charge in [-0.2, -0.15) is 0 Å². The zero-order valence-electron chi connectivity index (χ0n) is 28.1. The van der Waals surface area contributed by atoms with Gasteiger partial charge in [-0.15, -0.1) is 0 Å². The quantitative estimate of drug-likeness (QED) is 0.0521. The Hall–Kier alpha value is -1.77. The van der Waals surface area contributed by atoms with Crippen LogP contribution in [0.25, 0.3) is 0 Å². The number of hydrogen-bond donors (Lipinski definition) is 1. The number of ether oxygens (including phenoxy) is 1. The van der Waals surface area contributed by atoms with E-state index >= 15 is 0 Å². The molecule has 0 aliphatic carbocycles. The van der Waals surface area contributed by atoms with Crippen LogP contribution < -0.4 is 10.1 Å². The Labute approximate surface area is 262 Å². The van der Waals surface area contributed by atoms with Crippen molar-refractivity contribution in [2.24, 2.45) is 0 Å². The van der Waals surface area contributed by atoms with Crippen molar-refractivity contribution in [2.45, 2.75) is 181 Å². The van der Waals surface area contributed by atoms with E-state index in [-0.39, 0.29) is 5.78 Å². The van der Waals surface area contributed by atoms with Gasteiger partial charge in [0.15, 0.2) is 5.78 Å². The summed E-state index contributed by atoms with van der Waals surface area (Å²) in [5, 5.41) is 3.28. The average Bonchev–Trinajstić information content (AvgIpc) is 3.01. The number of allylic oxidation sites excluding steroid dienone is 1. The maximum absolute atomic E-state index is 12.4. The van der Waals surface area contributed by atoms with Gasteiger partial charge in [-0.25, -0.2) is 0 Å². The molecule has 3 heteroatoms. The molecule has 0 fully saturated rings. The first-order valence-corrected chi connectivity index (χ1v) is 18.4. The van der Waals surface area contributed by atoms with E-state index in [9.17, 15) is 4.79 Å². The predicted octanol–water partition coefficient (Wildman–Crippen LogP) is 12.5. The summed E-state index contributed by atoms with van der Waals surface area (Å²) in [6, 6.07) is 7.58. The van der Waals surface area contributed by atoms with Crippen LogP contribution in [0.5, 0.6) is 5.75 Å². The van der Waals surface area contributed by atoms with Crippen LogP contribution in [0.2, 0.25) is 0 Å². The minimum atomic E-state index is 0.0377. The number of carbonyl (C=O) groups is 1. The third-order valence-electron chi connectivity index (χ3n) is 8.43. The minimum absolute atomic E-state index is 0.0377. The maximum Gasteiger partial charge on any atom is 0.187 e. The van der Waals surface area contributed by atoms with Gasteiger partial charge in [-0.3, -0.25) is 4.79 Å². The molecule has 0 bridgehead atoms. The smallest absolute Gasteiger partial charge is 0.187 e. The minimum Gasteiger partial charge on any atom is -0.494 e. The molecule has 242 valence electrons. The summed E-state index contributed by atoms with van der Waals surface area (Å²) in [5.41, 5.74) is 0.710. The molecule has 3 nitrogen and oxygen atoms in total. The van der Waals surface area contributed by atoms with Gasteiger partial charge in [0, 0.05) is 24.4 Å². The molecule has 42 heavy (non-hydrogen) atoms. The van der Waals surface area contributed by atoms with Gasteiger partial charge in [0.25, 0.3) is 0 Å². The monoisotopic (exact) mass is 584 g/mol. The van der Waals surface area contributed by atoms with Gasteiger partial charge >= 0.3 is 0 Å². The Morgan fingerprint density at radius 1 is 0.548 bits per heavy atom. The largest absolute Gasteiger partial charge is 0.494 e. The maximum atomic E-state index is 12.4.